The number of amides is 1. The summed E-state index contributed by atoms with van der Waals surface area (Å²) in [6.07, 6.45) is 1.52. The molecule has 0 bridgehead atoms. The van der Waals surface area contributed by atoms with E-state index in [9.17, 15) is 13.2 Å². The highest BCUT2D eigenvalue weighted by atomic mass is 35.5. The van der Waals surface area contributed by atoms with Gasteiger partial charge in [0.05, 0.1) is 27.5 Å². The molecule has 0 aliphatic rings. The van der Waals surface area contributed by atoms with E-state index in [2.05, 4.69) is 24.4 Å². The maximum atomic E-state index is 13.5. The molecule has 3 aromatic carbocycles. The summed E-state index contributed by atoms with van der Waals surface area (Å²) in [5.74, 6) is -0.304. The predicted octanol–water partition coefficient (Wildman–Crippen LogP) is 6.87. The van der Waals surface area contributed by atoms with E-state index in [1.54, 1.807) is 42.5 Å². The van der Waals surface area contributed by atoms with Crippen molar-refractivity contribution in [3.05, 3.63) is 111 Å². The number of aryl methyl sites for hydroxylation is 1. The average molecular weight is 598 g/mol. The molecule has 0 saturated carbocycles. The molecule has 208 valence electrons. The van der Waals surface area contributed by atoms with Crippen molar-refractivity contribution >= 4 is 51.0 Å². The molecule has 0 radical (unpaired) electrons. The lowest BCUT2D eigenvalue weighted by Crippen LogP contribution is -2.39. The minimum atomic E-state index is -4.01. The van der Waals surface area contributed by atoms with Gasteiger partial charge in [0.1, 0.15) is 6.54 Å². The van der Waals surface area contributed by atoms with Crippen molar-refractivity contribution in [1.29, 1.82) is 0 Å². The molecule has 1 N–H and O–H groups in total. The van der Waals surface area contributed by atoms with Crippen LogP contribution in [0.5, 0.6) is 0 Å². The van der Waals surface area contributed by atoms with Gasteiger partial charge in [0.2, 0.25) is 0 Å². The van der Waals surface area contributed by atoms with Crippen molar-refractivity contribution in [3.63, 3.8) is 0 Å². The third-order valence-corrected chi connectivity index (χ3v) is 8.81. The monoisotopic (exact) mass is 596 g/mol. The van der Waals surface area contributed by atoms with E-state index in [4.69, 9.17) is 23.2 Å². The van der Waals surface area contributed by atoms with Gasteiger partial charge < -0.3 is 4.57 Å². The van der Waals surface area contributed by atoms with Gasteiger partial charge >= 0.3 is 0 Å². The maximum absolute atomic E-state index is 13.5. The number of nitrogens with one attached hydrogen (secondary N) is 1. The number of hydrogen-bond donors (Lipinski definition) is 1. The first-order valence-corrected chi connectivity index (χ1v) is 14.8. The second-order valence-corrected chi connectivity index (χ2v) is 12.3. The number of carbonyl (C=O) groups is 1. The minimum Gasteiger partial charge on any atom is -0.316 e. The summed E-state index contributed by atoms with van der Waals surface area (Å²) in [5.41, 5.74) is 7.23. The predicted molar refractivity (Wildman–Crippen MR) is 163 cm³/mol. The largest absolute Gasteiger partial charge is 0.316 e. The highest BCUT2D eigenvalue weighted by molar-refractivity contribution is 7.92. The first-order chi connectivity index (χ1) is 19.0. The number of halogens is 2. The number of aromatic nitrogens is 1. The van der Waals surface area contributed by atoms with Crippen LogP contribution in [-0.2, 0) is 14.8 Å². The molecule has 1 aromatic heterocycles. The van der Waals surface area contributed by atoms with Crippen molar-refractivity contribution in [2.45, 2.75) is 38.5 Å². The van der Waals surface area contributed by atoms with Crippen molar-refractivity contribution in [2.75, 3.05) is 10.8 Å². The molecule has 10 heteroatoms. The molecule has 40 heavy (non-hydrogen) atoms. The minimum absolute atomic E-state index is 0.0903. The van der Waals surface area contributed by atoms with Crippen LogP contribution in [0.4, 0.5) is 5.69 Å². The Bertz CT molecular complexity index is 1650. The number of nitrogens with zero attached hydrogens (tertiary/aromatic N) is 3. The lowest BCUT2D eigenvalue weighted by molar-refractivity contribution is -0.119. The zero-order valence-electron chi connectivity index (χ0n) is 22.6. The van der Waals surface area contributed by atoms with Gasteiger partial charge in [0.25, 0.3) is 15.9 Å². The number of carbonyl (C=O) groups excluding carboxylic acids is 1. The number of hydrazone groups is 1. The van der Waals surface area contributed by atoms with Crippen LogP contribution in [-0.4, -0.2) is 31.7 Å². The van der Waals surface area contributed by atoms with Crippen molar-refractivity contribution < 1.29 is 13.2 Å². The van der Waals surface area contributed by atoms with E-state index in [-0.39, 0.29) is 10.8 Å². The Morgan fingerprint density at radius 1 is 1.00 bits per heavy atom. The molecule has 4 rings (SSSR count). The Hall–Kier alpha value is -3.59. The Morgan fingerprint density at radius 3 is 2.30 bits per heavy atom. The molecule has 0 atom stereocenters. The molecule has 4 aromatic rings. The summed E-state index contributed by atoms with van der Waals surface area (Å²) in [6.45, 7) is 7.51. The number of sulfonamides is 1. The van der Waals surface area contributed by atoms with E-state index in [0.29, 0.717) is 15.7 Å². The van der Waals surface area contributed by atoms with Crippen LogP contribution < -0.4 is 9.73 Å². The van der Waals surface area contributed by atoms with Gasteiger partial charge in [-0.25, -0.2) is 13.8 Å². The molecular formula is C30H30Cl2N4O3S. The van der Waals surface area contributed by atoms with Crippen LogP contribution >= 0.6 is 23.2 Å². The van der Waals surface area contributed by atoms with Crippen LogP contribution in [0.1, 0.15) is 42.3 Å². The van der Waals surface area contributed by atoms with Gasteiger partial charge in [0.15, 0.2) is 0 Å². The summed E-state index contributed by atoms with van der Waals surface area (Å²) in [6, 6.07) is 22.4. The highest BCUT2D eigenvalue weighted by Gasteiger charge is 2.27. The summed E-state index contributed by atoms with van der Waals surface area (Å²) >= 11 is 12.5. The normalized spacial score (nSPS) is 11.8. The second-order valence-electron chi connectivity index (χ2n) is 9.62. The number of benzene rings is 3. The lowest BCUT2D eigenvalue weighted by atomic mass is 10.0. The lowest BCUT2D eigenvalue weighted by Gasteiger charge is -2.24. The summed E-state index contributed by atoms with van der Waals surface area (Å²) in [7, 11) is -4.01. The van der Waals surface area contributed by atoms with Crippen molar-refractivity contribution in [3.8, 4) is 5.69 Å². The smallest absolute Gasteiger partial charge is 0.264 e. The second kappa shape index (κ2) is 12.3. The van der Waals surface area contributed by atoms with Crippen LogP contribution in [0.3, 0.4) is 0 Å². The van der Waals surface area contributed by atoms with E-state index < -0.39 is 22.5 Å². The molecule has 0 unspecified atom stereocenters. The van der Waals surface area contributed by atoms with Gasteiger partial charge in [-0.1, -0.05) is 67.4 Å². The molecule has 0 aliphatic carbocycles. The first kappa shape index (κ1) is 29.4. The molecule has 1 heterocycles. The molecular weight excluding hydrogens is 567 g/mol. The molecule has 0 aliphatic heterocycles. The van der Waals surface area contributed by atoms with E-state index >= 15 is 0 Å². The van der Waals surface area contributed by atoms with Crippen molar-refractivity contribution in [1.82, 2.24) is 9.99 Å². The maximum Gasteiger partial charge on any atom is 0.264 e. The highest BCUT2D eigenvalue weighted by Crippen LogP contribution is 2.29. The van der Waals surface area contributed by atoms with Gasteiger partial charge in [-0.3, -0.25) is 9.10 Å². The van der Waals surface area contributed by atoms with Gasteiger partial charge in [0, 0.05) is 22.0 Å². The Balaban J connectivity index is 1.56. The molecule has 0 saturated heterocycles. The molecule has 1 amide bonds. The zero-order valence-corrected chi connectivity index (χ0v) is 24.9. The van der Waals surface area contributed by atoms with Crippen LogP contribution in [0.15, 0.2) is 88.9 Å². The molecule has 0 spiro atoms. The average Bonchev–Trinajstić information content (AvgIpc) is 3.20. The number of hydrogen-bond acceptors (Lipinski definition) is 4. The van der Waals surface area contributed by atoms with Crippen LogP contribution in [0.25, 0.3) is 5.69 Å². The summed E-state index contributed by atoms with van der Waals surface area (Å²) < 4.78 is 30.1. The van der Waals surface area contributed by atoms with E-state index in [1.165, 1.54) is 18.3 Å². The number of anilines is 1. The Labute approximate surface area is 245 Å². The zero-order chi connectivity index (χ0) is 29.0. The van der Waals surface area contributed by atoms with E-state index in [0.717, 1.165) is 32.5 Å². The van der Waals surface area contributed by atoms with Crippen LogP contribution in [0, 0.1) is 13.8 Å². The Kier molecular flexibility index (Phi) is 9.03. The fourth-order valence-electron chi connectivity index (χ4n) is 4.35. The van der Waals surface area contributed by atoms with Gasteiger partial charge in [-0.05, 0) is 73.9 Å². The van der Waals surface area contributed by atoms with E-state index in [1.807, 2.05) is 42.7 Å². The third kappa shape index (κ3) is 6.41. The third-order valence-electron chi connectivity index (χ3n) is 6.48. The summed E-state index contributed by atoms with van der Waals surface area (Å²) in [4.78, 5) is 13.0. The topological polar surface area (TPSA) is 83.8 Å². The quantitative estimate of drug-likeness (QED) is 0.169. The van der Waals surface area contributed by atoms with Gasteiger partial charge in [-0.15, -0.1) is 0 Å². The first-order valence-electron chi connectivity index (χ1n) is 12.6. The fourth-order valence-corrected chi connectivity index (χ4v) is 6.29. The molecule has 7 nitrogen and oxygen atoms in total. The Morgan fingerprint density at radius 2 is 1.68 bits per heavy atom. The fraction of sp³-hybridized carbons (Fsp3) is 0.200. The number of rotatable bonds is 9. The standard InChI is InChI=1S/C30H30Cl2N4O3S/c1-20(2)23-10-13-26(14-11-23)35(40(38,39)27-8-6-5-7-9-27)19-30(37)34-33-18-24-16-21(3)36(22(24)4)29-15-12-25(31)17-28(29)32/h5-18,20H,19H2,1-4H3,(H,34,37)/b33-18-. The SMILES string of the molecule is Cc1cc(/C=N\NC(=O)CN(c2ccc(C(C)C)cc2)S(=O)(=O)c2ccccc2)c(C)n1-c1ccc(Cl)cc1Cl. The van der Waals surface area contributed by atoms with Crippen molar-refractivity contribution in [2.24, 2.45) is 5.10 Å². The van der Waals surface area contributed by atoms with Gasteiger partial charge in [-0.2, -0.15) is 5.10 Å². The summed E-state index contributed by atoms with van der Waals surface area (Å²) in [5, 5.41) is 5.16. The van der Waals surface area contributed by atoms with Crippen LogP contribution in [0.2, 0.25) is 10.0 Å². The molecule has 0 fully saturated rings.